The zero-order valence-electron chi connectivity index (χ0n) is 13.1. The van der Waals surface area contributed by atoms with Gasteiger partial charge in [0, 0.05) is 13.2 Å². The van der Waals surface area contributed by atoms with Crippen molar-refractivity contribution in [2.75, 3.05) is 13.2 Å². The van der Waals surface area contributed by atoms with Gasteiger partial charge in [0.15, 0.2) is 0 Å². The third kappa shape index (κ3) is 9.18. The Morgan fingerprint density at radius 2 is 1.05 bits per heavy atom. The first kappa shape index (κ1) is 17.6. The van der Waals surface area contributed by atoms with Gasteiger partial charge in [-0.1, -0.05) is 60.7 Å². The molecule has 0 atom stereocenters. The van der Waals surface area contributed by atoms with Crippen LogP contribution in [-0.4, -0.2) is 23.2 Å². The first-order chi connectivity index (χ1) is 10.4. The molecule has 0 saturated heterocycles. The second-order valence-electron chi connectivity index (χ2n) is 4.57. The lowest BCUT2D eigenvalue weighted by molar-refractivity contribution is 0.240. The predicted octanol–water partition coefficient (Wildman–Crippen LogP) is 3.53. The van der Waals surface area contributed by atoms with Crippen molar-refractivity contribution in [3.05, 3.63) is 71.8 Å². The summed E-state index contributed by atoms with van der Waals surface area (Å²) in [5.41, 5.74) is 2.83. The van der Waals surface area contributed by atoms with Gasteiger partial charge in [-0.15, -0.1) is 0 Å². The molecule has 0 bridgehead atoms. The molecular weight excluding hydrogens is 276 g/mol. The maximum atomic E-state index is 4.99. The molecule has 0 heterocycles. The highest BCUT2D eigenvalue weighted by atomic mass is 28.3. The van der Waals surface area contributed by atoms with E-state index >= 15 is 0 Å². The van der Waals surface area contributed by atoms with E-state index in [1.165, 1.54) is 11.1 Å². The molecule has 2 nitrogen and oxygen atoms in total. The van der Waals surface area contributed by atoms with Crippen molar-refractivity contribution in [1.29, 1.82) is 0 Å². The van der Waals surface area contributed by atoms with Crippen LogP contribution in [-0.2, 0) is 21.7 Å². The molecule has 2 aromatic rings. The third-order valence-electron chi connectivity index (χ3n) is 2.96. The number of aryl methyl sites for hydroxylation is 2. The third-order valence-corrected chi connectivity index (χ3v) is 4.11. The highest BCUT2D eigenvalue weighted by Crippen LogP contribution is 2.06. The van der Waals surface area contributed by atoms with Crippen molar-refractivity contribution in [2.24, 2.45) is 0 Å². The maximum absolute atomic E-state index is 4.99. The van der Waals surface area contributed by atoms with Gasteiger partial charge in [-0.25, -0.2) is 0 Å². The molecule has 0 radical (unpaired) electrons. The largest absolute Gasteiger partial charge is 0.399 e. The average molecular weight is 302 g/mol. The molecule has 0 N–H and O–H groups in total. The molecule has 21 heavy (non-hydrogen) atoms. The second kappa shape index (κ2) is 12.3. The second-order valence-corrected chi connectivity index (χ2v) is 5.63. The molecular formula is C18H26O2Si. The maximum Gasteiger partial charge on any atom is 0.304 e. The minimum atomic E-state index is -0.589. The van der Waals surface area contributed by atoms with Crippen LogP contribution in [0.25, 0.3) is 0 Å². The van der Waals surface area contributed by atoms with E-state index < -0.39 is 10.0 Å². The fourth-order valence-corrected chi connectivity index (χ4v) is 2.25. The lowest BCUT2D eigenvalue weighted by Crippen LogP contribution is -2.02. The van der Waals surface area contributed by atoms with E-state index in [0.717, 1.165) is 26.1 Å². The molecule has 0 amide bonds. The molecule has 3 heteroatoms. The highest BCUT2D eigenvalue weighted by Gasteiger charge is 1.93. The molecule has 2 aromatic carbocycles. The van der Waals surface area contributed by atoms with Crippen LogP contribution in [0.1, 0.15) is 25.0 Å². The van der Waals surface area contributed by atoms with Crippen LogP contribution in [0.2, 0.25) is 0 Å². The Kier molecular flexibility index (Phi) is 10.3. The summed E-state index contributed by atoms with van der Waals surface area (Å²) >= 11 is 0. The van der Waals surface area contributed by atoms with E-state index in [0.29, 0.717) is 0 Å². The normalized spacial score (nSPS) is 9.81. The molecule has 0 aromatic heterocycles. The molecule has 2 rings (SSSR count). The summed E-state index contributed by atoms with van der Waals surface area (Å²) in [6, 6.07) is 21.2. The van der Waals surface area contributed by atoms with E-state index in [2.05, 4.69) is 60.7 Å². The number of rotatable bonds is 7. The first-order valence-corrected chi connectivity index (χ1v) is 8.75. The summed E-state index contributed by atoms with van der Waals surface area (Å²) in [4.78, 5) is 0. The summed E-state index contributed by atoms with van der Waals surface area (Å²) < 4.78 is 9.98. The molecule has 0 aliphatic carbocycles. The van der Waals surface area contributed by atoms with Gasteiger partial charge in [-0.2, -0.15) is 0 Å². The van der Waals surface area contributed by atoms with Crippen molar-refractivity contribution < 1.29 is 8.85 Å². The Morgan fingerprint density at radius 1 is 0.667 bits per heavy atom. The Balaban J connectivity index is 0.000000270. The van der Waals surface area contributed by atoms with Gasteiger partial charge >= 0.3 is 10.0 Å². The van der Waals surface area contributed by atoms with Gasteiger partial charge in [0.25, 0.3) is 0 Å². The van der Waals surface area contributed by atoms with Crippen LogP contribution in [0.5, 0.6) is 0 Å². The fraction of sp³-hybridized carbons (Fsp3) is 0.333. The van der Waals surface area contributed by atoms with Crippen LogP contribution in [0.15, 0.2) is 60.7 Å². The molecule has 0 aliphatic rings. The van der Waals surface area contributed by atoms with Gasteiger partial charge in [-0.3, -0.25) is 0 Å². The van der Waals surface area contributed by atoms with Crippen LogP contribution >= 0.6 is 0 Å². The minimum absolute atomic E-state index is 0.589. The zero-order valence-corrected chi connectivity index (χ0v) is 14.5. The van der Waals surface area contributed by atoms with Crippen molar-refractivity contribution in [2.45, 2.75) is 26.7 Å². The van der Waals surface area contributed by atoms with Gasteiger partial charge in [0.1, 0.15) is 0 Å². The van der Waals surface area contributed by atoms with E-state index in [9.17, 15) is 0 Å². The lowest BCUT2D eigenvalue weighted by Gasteiger charge is -2.01. The quantitative estimate of drug-likeness (QED) is 0.575. The SMILES string of the molecule is CCO[SiH2]OCC.c1ccc(CCc2ccccc2)cc1. The topological polar surface area (TPSA) is 18.5 Å². The molecule has 0 saturated carbocycles. The summed E-state index contributed by atoms with van der Waals surface area (Å²) in [5, 5.41) is 0. The number of hydrogen-bond donors (Lipinski definition) is 0. The van der Waals surface area contributed by atoms with Crippen molar-refractivity contribution in [3.63, 3.8) is 0 Å². The highest BCUT2D eigenvalue weighted by molar-refractivity contribution is 6.17. The summed E-state index contributed by atoms with van der Waals surface area (Å²) in [5.74, 6) is 0. The van der Waals surface area contributed by atoms with E-state index in [1.807, 2.05) is 13.8 Å². The number of benzene rings is 2. The van der Waals surface area contributed by atoms with Crippen molar-refractivity contribution >= 4 is 10.0 Å². The number of hydrogen-bond acceptors (Lipinski definition) is 2. The lowest BCUT2D eigenvalue weighted by atomic mass is 10.0. The first-order valence-electron chi connectivity index (χ1n) is 7.60. The Labute approximate surface area is 131 Å². The van der Waals surface area contributed by atoms with Crippen LogP contribution in [0.4, 0.5) is 0 Å². The average Bonchev–Trinajstić information content (AvgIpc) is 2.56. The minimum Gasteiger partial charge on any atom is -0.399 e. The zero-order chi connectivity index (χ0) is 15.2. The van der Waals surface area contributed by atoms with Gasteiger partial charge in [0.2, 0.25) is 0 Å². The summed E-state index contributed by atoms with van der Waals surface area (Å²) in [6.45, 7) is 5.55. The van der Waals surface area contributed by atoms with E-state index in [4.69, 9.17) is 8.85 Å². The molecule has 0 aliphatic heterocycles. The smallest absolute Gasteiger partial charge is 0.304 e. The van der Waals surface area contributed by atoms with Gasteiger partial charge in [0.05, 0.1) is 0 Å². The monoisotopic (exact) mass is 302 g/mol. The van der Waals surface area contributed by atoms with Crippen molar-refractivity contribution in [1.82, 2.24) is 0 Å². The van der Waals surface area contributed by atoms with Crippen LogP contribution in [0.3, 0.4) is 0 Å². The van der Waals surface area contributed by atoms with Gasteiger partial charge in [-0.05, 0) is 37.8 Å². The molecule has 0 spiro atoms. The fourth-order valence-electron chi connectivity index (χ4n) is 1.80. The van der Waals surface area contributed by atoms with Gasteiger partial charge < -0.3 is 8.85 Å². The summed E-state index contributed by atoms with van der Waals surface area (Å²) in [6.07, 6.45) is 2.26. The van der Waals surface area contributed by atoms with E-state index in [1.54, 1.807) is 0 Å². The Morgan fingerprint density at radius 3 is 1.38 bits per heavy atom. The van der Waals surface area contributed by atoms with Crippen molar-refractivity contribution in [3.8, 4) is 0 Å². The molecule has 114 valence electrons. The standard InChI is InChI=1S/C14H14.C4H12O2Si/c1-3-7-13(8-4-1)11-12-14-9-5-2-6-10-14;1-3-5-7-6-4-2/h1-10H,11-12H2;3-4,7H2,1-2H3. The van der Waals surface area contributed by atoms with E-state index in [-0.39, 0.29) is 0 Å². The molecule has 0 fully saturated rings. The predicted molar refractivity (Wildman–Crippen MR) is 92.1 cm³/mol. The summed E-state index contributed by atoms with van der Waals surface area (Å²) in [7, 11) is -0.589. The Hall–Kier alpha value is -1.42. The Bertz CT molecular complexity index is 402. The van der Waals surface area contributed by atoms with Crippen LogP contribution in [0, 0.1) is 0 Å². The van der Waals surface area contributed by atoms with Crippen LogP contribution < -0.4 is 0 Å². The molecule has 0 unspecified atom stereocenters.